The molecule has 0 aliphatic rings. The van der Waals surface area contributed by atoms with Gasteiger partial charge in [0.2, 0.25) is 0 Å². The molecule has 0 heterocycles. The van der Waals surface area contributed by atoms with E-state index in [2.05, 4.69) is 15.3 Å². The van der Waals surface area contributed by atoms with Crippen LogP contribution in [0.4, 0.5) is 0 Å². The van der Waals surface area contributed by atoms with Crippen molar-refractivity contribution in [3.05, 3.63) is 91.0 Å². The lowest BCUT2D eigenvalue weighted by Gasteiger charge is -2.26. The summed E-state index contributed by atoms with van der Waals surface area (Å²) in [6.45, 7) is 26.2. The minimum Gasteiger partial charge on any atom is -0.462 e. The molecule has 18 heteroatoms. The lowest BCUT2D eigenvalue weighted by molar-refractivity contribution is -0.149. The molecule has 0 bridgehead atoms. The van der Waals surface area contributed by atoms with Gasteiger partial charge in [0.25, 0.3) is 0 Å². The number of esters is 3. The summed E-state index contributed by atoms with van der Waals surface area (Å²) in [5.74, 6) is 0.192. The van der Waals surface area contributed by atoms with E-state index in [0.717, 1.165) is 0 Å². The molecule has 354 valence electrons. The maximum atomic E-state index is 12.9. The molecule has 3 aromatic rings. The molecule has 1 unspecified atom stereocenters. The predicted octanol–water partition coefficient (Wildman–Crippen LogP) is 10.8. The van der Waals surface area contributed by atoms with Crippen molar-refractivity contribution in [3.8, 4) is 17.2 Å². The van der Waals surface area contributed by atoms with Crippen LogP contribution in [0, 0.1) is 0 Å². The summed E-state index contributed by atoms with van der Waals surface area (Å²) in [5, 5.41) is 8.42. The minimum atomic E-state index is -3.22. The normalized spacial score (nSPS) is 15.6. The van der Waals surface area contributed by atoms with Crippen molar-refractivity contribution in [3.63, 3.8) is 0 Å². The van der Waals surface area contributed by atoms with E-state index in [4.69, 9.17) is 27.8 Å². The van der Waals surface area contributed by atoms with Gasteiger partial charge in [0.15, 0.2) is 0 Å². The standard InChI is InChI=1S/3C15H24NO4P/c3*1-11(2)19-15(17)13(5)16-21(18,12(3)4)20-14-9-7-6-8-10-14/h3*6-13H,1-5H3,(H,16,18)/t13-,21?;13-,21+;13-,21-/m100/s1. The highest BCUT2D eigenvalue weighted by Gasteiger charge is 2.36. The molecule has 3 N–H and O–H groups in total. The van der Waals surface area contributed by atoms with Crippen molar-refractivity contribution in [2.45, 2.75) is 157 Å². The highest BCUT2D eigenvalue weighted by molar-refractivity contribution is 7.58. The number of hydrogen-bond acceptors (Lipinski definition) is 12. The molecule has 0 radical (unpaired) electrons. The quantitative estimate of drug-likeness (QED) is 0.0518. The zero-order valence-electron chi connectivity index (χ0n) is 39.6. The van der Waals surface area contributed by atoms with Crippen LogP contribution >= 0.6 is 22.6 Å². The van der Waals surface area contributed by atoms with Crippen molar-refractivity contribution in [2.24, 2.45) is 0 Å². The fourth-order valence-electron chi connectivity index (χ4n) is 4.73. The van der Waals surface area contributed by atoms with E-state index in [0.29, 0.717) is 17.2 Å². The third-order valence-corrected chi connectivity index (χ3v) is 16.0. The number of para-hydroxylation sites is 3. The SMILES string of the molecule is CC(C)OC(=O)[C@@H](C)NP(=O)(Oc1ccccc1)C(C)C.CC(C)OC(=O)[C@H](C)N[P@@](=O)(Oc1ccccc1)C(C)C.CC(C)OC(=O)[C@H](C)N[P@](=O)(Oc1ccccc1)C(C)C. The summed E-state index contributed by atoms with van der Waals surface area (Å²) < 4.78 is 71.0. The lowest BCUT2D eigenvalue weighted by atomic mass is 10.3. The second-order valence-electron chi connectivity index (χ2n) is 16.3. The van der Waals surface area contributed by atoms with Crippen molar-refractivity contribution >= 4 is 40.5 Å². The Labute approximate surface area is 376 Å². The van der Waals surface area contributed by atoms with E-state index in [1.54, 1.807) is 177 Å². The summed E-state index contributed by atoms with van der Waals surface area (Å²) in [4.78, 5) is 35.5. The summed E-state index contributed by atoms with van der Waals surface area (Å²) in [6, 6.07) is 24.6. The number of carbonyl (C=O) groups is 3. The van der Waals surface area contributed by atoms with Crippen LogP contribution < -0.4 is 28.8 Å². The van der Waals surface area contributed by atoms with Crippen LogP contribution in [0.25, 0.3) is 0 Å². The fraction of sp³-hybridized carbons (Fsp3) is 0.533. The molecule has 0 saturated heterocycles. The Hall–Kier alpha value is -3.96. The van der Waals surface area contributed by atoms with Crippen molar-refractivity contribution in [1.82, 2.24) is 15.3 Å². The molecule has 0 aliphatic carbocycles. The number of carbonyl (C=O) groups excluding carboxylic acids is 3. The Kier molecular flexibility index (Phi) is 24.8. The molecule has 0 amide bonds. The number of hydrogen-bond donors (Lipinski definition) is 3. The van der Waals surface area contributed by atoms with E-state index in [1.807, 2.05) is 18.2 Å². The predicted molar refractivity (Wildman–Crippen MR) is 251 cm³/mol. The second kappa shape index (κ2) is 27.4. The van der Waals surface area contributed by atoms with E-state index in [1.165, 1.54) is 0 Å². The largest absolute Gasteiger partial charge is 0.462 e. The first-order valence-electron chi connectivity index (χ1n) is 21.2. The zero-order chi connectivity index (χ0) is 48.1. The highest BCUT2D eigenvalue weighted by Crippen LogP contribution is 2.50. The molecule has 15 nitrogen and oxygen atoms in total. The smallest absolute Gasteiger partial charge is 0.323 e. The van der Waals surface area contributed by atoms with Gasteiger partial charge in [-0.25, -0.2) is 15.3 Å². The molecule has 6 atom stereocenters. The van der Waals surface area contributed by atoms with E-state index < -0.39 is 58.6 Å². The third-order valence-electron chi connectivity index (χ3n) is 8.23. The maximum Gasteiger partial charge on any atom is 0.323 e. The van der Waals surface area contributed by atoms with Gasteiger partial charge >= 0.3 is 40.5 Å². The molecule has 3 aromatic carbocycles. The molecule has 0 aliphatic heterocycles. The Morgan fingerprint density at radius 2 is 0.556 bits per heavy atom. The monoisotopic (exact) mass is 939 g/mol. The van der Waals surface area contributed by atoms with Gasteiger partial charge in [-0.1, -0.05) is 96.1 Å². The molecule has 0 spiro atoms. The van der Waals surface area contributed by atoms with Gasteiger partial charge in [0.05, 0.1) is 35.3 Å². The first kappa shape index (κ1) is 57.1. The van der Waals surface area contributed by atoms with E-state index in [-0.39, 0.29) is 35.3 Å². The fourth-order valence-corrected chi connectivity index (χ4v) is 9.65. The number of nitrogens with one attached hydrogen (secondary N) is 3. The number of ether oxygens (including phenoxy) is 3. The summed E-state index contributed by atoms with van der Waals surface area (Å²) >= 11 is 0. The molecule has 0 fully saturated rings. The first-order chi connectivity index (χ1) is 29.2. The van der Waals surface area contributed by atoms with Crippen LogP contribution in [-0.2, 0) is 42.3 Å². The summed E-state index contributed by atoms with van der Waals surface area (Å²) in [7, 11) is -9.65. The summed E-state index contributed by atoms with van der Waals surface area (Å²) in [6.07, 6.45) is -0.638. The van der Waals surface area contributed by atoms with Crippen LogP contribution in [0.15, 0.2) is 91.0 Å². The topological polar surface area (TPSA) is 194 Å². The van der Waals surface area contributed by atoms with Gasteiger partial charge in [0, 0.05) is 0 Å². The average Bonchev–Trinajstić information content (AvgIpc) is 3.18. The number of benzene rings is 3. The van der Waals surface area contributed by atoms with Crippen LogP contribution in [0.5, 0.6) is 17.2 Å². The molecular weight excluding hydrogens is 867 g/mol. The van der Waals surface area contributed by atoms with Crippen LogP contribution in [0.1, 0.15) is 104 Å². The Balaban J connectivity index is 0.000000472. The van der Waals surface area contributed by atoms with Gasteiger partial charge in [0.1, 0.15) is 35.4 Å². The molecular formula is C45H72N3O12P3. The molecule has 0 aromatic heterocycles. The van der Waals surface area contributed by atoms with Crippen LogP contribution in [0.2, 0.25) is 0 Å². The van der Waals surface area contributed by atoms with E-state index >= 15 is 0 Å². The second-order valence-corrected chi connectivity index (χ2v) is 24.3. The maximum absolute atomic E-state index is 12.9. The Bertz CT molecular complexity index is 1730. The highest BCUT2D eigenvalue weighted by atomic mass is 31.2. The summed E-state index contributed by atoms with van der Waals surface area (Å²) in [5.41, 5.74) is -0.814. The zero-order valence-corrected chi connectivity index (χ0v) is 42.3. The van der Waals surface area contributed by atoms with Crippen molar-refractivity contribution < 1.29 is 55.9 Å². The van der Waals surface area contributed by atoms with Crippen molar-refractivity contribution in [2.75, 3.05) is 0 Å². The number of rotatable bonds is 21. The van der Waals surface area contributed by atoms with Gasteiger partial charge in [-0.3, -0.25) is 28.1 Å². The van der Waals surface area contributed by atoms with E-state index in [9.17, 15) is 28.1 Å². The molecule has 0 saturated carbocycles. The van der Waals surface area contributed by atoms with Crippen molar-refractivity contribution in [1.29, 1.82) is 0 Å². The Morgan fingerprint density at radius 1 is 0.365 bits per heavy atom. The van der Waals surface area contributed by atoms with Gasteiger partial charge < -0.3 is 27.8 Å². The molecule has 63 heavy (non-hydrogen) atoms. The van der Waals surface area contributed by atoms with Gasteiger partial charge in [-0.2, -0.15) is 0 Å². The average molecular weight is 940 g/mol. The van der Waals surface area contributed by atoms with Crippen LogP contribution in [-0.4, -0.2) is 71.3 Å². The molecule has 3 rings (SSSR count). The van der Waals surface area contributed by atoms with Gasteiger partial charge in [-0.15, -0.1) is 0 Å². The van der Waals surface area contributed by atoms with Gasteiger partial charge in [-0.05, 0) is 98.7 Å². The minimum absolute atomic E-state index is 0.213. The lowest BCUT2D eigenvalue weighted by Crippen LogP contribution is -2.37. The third kappa shape index (κ3) is 21.5. The van der Waals surface area contributed by atoms with Crippen LogP contribution in [0.3, 0.4) is 0 Å². The first-order valence-corrected chi connectivity index (χ1v) is 26.3. The Morgan fingerprint density at radius 3 is 0.714 bits per heavy atom.